The molecule has 44 heavy (non-hydrogen) atoms. The SMILES string of the molecule is CC(C)CCC1(c2ccccc2)N=C(N)N(Cc2ccc(C(F)(F)F)c(C(=O)N3Cc4cnc(NC(=O)O)nc4C3)c2)C1=O. The van der Waals surface area contributed by atoms with Gasteiger partial charge in [0, 0.05) is 18.3 Å². The summed E-state index contributed by atoms with van der Waals surface area (Å²) < 4.78 is 42.2. The number of aromatic nitrogens is 2. The van der Waals surface area contributed by atoms with Gasteiger partial charge in [-0.2, -0.15) is 13.2 Å². The van der Waals surface area contributed by atoms with Crippen LogP contribution >= 0.6 is 0 Å². The lowest BCUT2D eigenvalue weighted by Gasteiger charge is -2.27. The molecule has 2 aromatic carbocycles. The molecule has 3 heterocycles. The Morgan fingerprint density at radius 3 is 2.52 bits per heavy atom. The van der Waals surface area contributed by atoms with Gasteiger partial charge < -0.3 is 15.7 Å². The Bertz CT molecular complexity index is 1650. The molecule has 14 heteroatoms. The number of amides is 3. The minimum absolute atomic E-state index is 0.0604. The van der Waals surface area contributed by atoms with Crippen molar-refractivity contribution in [1.29, 1.82) is 0 Å². The molecule has 2 aliphatic heterocycles. The van der Waals surface area contributed by atoms with E-state index in [2.05, 4.69) is 15.0 Å². The lowest BCUT2D eigenvalue weighted by molar-refractivity contribution is -0.138. The van der Waals surface area contributed by atoms with Gasteiger partial charge in [-0.25, -0.2) is 19.8 Å². The summed E-state index contributed by atoms with van der Waals surface area (Å²) in [6, 6.07) is 12.2. The summed E-state index contributed by atoms with van der Waals surface area (Å²) in [4.78, 5) is 53.4. The number of aliphatic imine (C=N–C) groups is 1. The van der Waals surface area contributed by atoms with Crippen molar-refractivity contribution >= 4 is 29.8 Å². The van der Waals surface area contributed by atoms with Crippen LogP contribution in [0.5, 0.6) is 0 Å². The van der Waals surface area contributed by atoms with Gasteiger partial charge in [-0.1, -0.05) is 50.2 Å². The number of guanidine groups is 1. The molecular formula is C30H30F3N7O4. The monoisotopic (exact) mass is 609 g/mol. The minimum Gasteiger partial charge on any atom is -0.465 e. The van der Waals surface area contributed by atoms with E-state index < -0.39 is 40.7 Å². The molecule has 0 saturated carbocycles. The maximum Gasteiger partial charge on any atom is 0.417 e. The summed E-state index contributed by atoms with van der Waals surface area (Å²) in [6.07, 6.45) is -3.82. The van der Waals surface area contributed by atoms with Crippen molar-refractivity contribution in [2.24, 2.45) is 16.6 Å². The number of fused-ring (bicyclic) bond motifs is 1. The highest BCUT2D eigenvalue weighted by molar-refractivity contribution is 6.07. The molecule has 0 radical (unpaired) electrons. The first-order chi connectivity index (χ1) is 20.8. The van der Waals surface area contributed by atoms with Gasteiger partial charge >= 0.3 is 12.3 Å². The largest absolute Gasteiger partial charge is 0.465 e. The maximum atomic E-state index is 14.1. The van der Waals surface area contributed by atoms with E-state index in [1.165, 1.54) is 22.1 Å². The predicted molar refractivity (Wildman–Crippen MR) is 153 cm³/mol. The number of nitrogens with two attached hydrogens (primary N) is 1. The summed E-state index contributed by atoms with van der Waals surface area (Å²) in [6.45, 7) is 3.65. The number of carbonyl (C=O) groups excluding carboxylic acids is 2. The van der Waals surface area contributed by atoms with Crippen molar-refractivity contribution in [3.8, 4) is 0 Å². The number of carbonyl (C=O) groups is 3. The van der Waals surface area contributed by atoms with Crippen LogP contribution in [0.3, 0.4) is 0 Å². The average Bonchev–Trinajstić information content (AvgIpc) is 3.50. The van der Waals surface area contributed by atoms with Crippen LogP contribution in [0.15, 0.2) is 59.7 Å². The number of hydrogen-bond acceptors (Lipinski definition) is 7. The van der Waals surface area contributed by atoms with Crippen LogP contribution in [0.25, 0.3) is 0 Å². The van der Waals surface area contributed by atoms with Gasteiger partial charge in [-0.15, -0.1) is 0 Å². The molecule has 2 aliphatic rings. The van der Waals surface area contributed by atoms with Crippen molar-refractivity contribution in [3.63, 3.8) is 0 Å². The van der Waals surface area contributed by atoms with Gasteiger partial charge in [0.15, 0.2) is 11.5 Å². The van der Waals surface area contributed by atoms with Gasteiger partial charge in [0.2, 0.25) is 5.95 Å². The highest BCUT2D eigenvalue weighted by atomic mass is 19.4. The number of carboxylic acid groups (broad SMARTS) is 1. The highest BCUT2D eigenvalue weighted by Gasteiger charge is 2.49. The van der Waals surface area contributed by atoms with Crippen molar-refractivity contribution in [2.75, 3.05) is 5.32 Å². The van der Waals surface area contributed by atoms with Crippen LogP contribution in [0.1, 0.15) is 65.0 Å². The van der Waals surface area contributed by atoms with Gasteiger partial charge in [-0.05, 0) is 42.0 Å². The van der Waals surface area contributed by atoms with Gasteiger partial charge in [0.05, 0.1) is 29.9 Å². The number of hydrogen-bond donors (Lipinski definition) is 3. The van der Waals surface area contributed by atoms with E-state index in [-0.39, 0.29) is 43.0 Å². The average molecular weight is 610 g/mol. The van der Waals surface area contributed by atoms with E-state index in [1.807, 2.05) is 25.2 Å². The van der Waals surface area contributed by atoms with Crippen LogP contribution in [0.2, 0.25) is 0 Å². The smallest absolute Gasteiger partial charge is 0.417 e. The predicted octanol–water partition coefficient (Wildman–Crippen LogP) is 4.73. The van der Waals surface area contributed by atoms with Crippen LogP contribution in [-0.4, -0.2) is 48.7 Å². The minimum atomic E-state index is -4.84. The zero-order chi connectivity index (χ0) is 31.8. The molecule has 0 fully saturated rings. The van der Waals surface area contributed by atoms with Crippen LogP contribution in [-0.2, 0) is 36.1 Å². The number of nitrogens with zero attached hydrogens (tertiary/aromatic N) is 5. The third-order valence-corrected chi connectivity index (χ3v) is 7.64. The molecule has 1 unspecified atom stereocenters. The molecule has 0 aliphatic carbocycles. The summed E-state index contributed by atoms with van der Waals surface area (Å²) >= 11 is 0. The molecule has 1 atom stereocenters. The summed E-state index contributed by atoms with van der Waals surface area (Å²) in [7, 11) is 0. The first-order valence-electron chi connectivity index (χ1n) is 13.9. The summed E-state index contributed by atoms with van der Waals surface area (Å²) in [5.41, 5.74) is 4.98. The number of nitrogens with one attached hydrogen (secondary N) is 1. The first-order valence-corrected chi connectivity index (χ1v) is 13.9. The zero-order valence-electron chi connectivity index (χ0n) is 23.9. The number of halogens is 3. The van der Waals surface area contributed by atoms with Crippen LogP contribution in [0.4, 0.5) is 23.9 Å². The van der Waals surface area contributed by atoms with Gasteiger partial charge in [0.25, 0.3) is 11.8 Å². The Morgan fingerprint density at radius 2 is 1.86 bits per heavy atom. The standard InChI is InChI=1S/C30H30F3N7O4/c1-17(2)10-11-29(20-6-4-3-5-7-20)25(42)40(26(34)38-29)14-18-8-9-22(30(31,32)33)21(12-18)24(41)39-15-19-13-35-27(37-28(43)44)36-23(19)16-39/h3-9,12-13,17H,10-11,14-16H2,1-2H3,(H2,34,38)(H,43,44)(H,35,36,37). The van der Waals surface area contributed by atoms with Crippen molar-refractivity contribution in [1.82, 2.24) is 19.8 Å². The van der Waals surface area contributed by atoms with E-state index in [0.717, 1.165) is 12.1 Å². The normalized spacial score (nSPS) is 18.0. The van der Waals surface area contributed by atoms with E-state index in [0.29, 0.717) is 29.7 Å². The summed E-state index contributed by atoms with van der Waals surface area (Å²) in [5, 5.41) is 10.9. The quantitative estimate of drug-likeness (QED) is 0.334. The van der Waals surface area contributed by atoms with Crippen molar-refractivity contribution in [3.05, 3.63) is 88.2 Å². The van der Waals surface area contributed by atoms with Crippen LogP contribution in [0, 0.1) is 5.92 Å². The molecule has 0 bridgehead atoms. The van der Waals surface area contributed by atoms with Crippen molar-refractivity contribution < 1.29 is 32.7 Å². The molecule has 230 valence electrons. The van der Waals surface area contributed by atoms with Crippen molar-refractivity contribution in [2.45, 2.75) is 58.0 Å². The van der Waals surface area contributed by atoms with Crippen LogP contribution < -0.4 is 11.1 Å². The van der Waals surface area contributed by atoms with E-state index >= 15 is 0 Å². The van der Waals surface area contributed by atoms with Gasteiger partial charge in [-0.3, -0.25) is 19.8 Å². The Hall–Kier alpha value is -5.01. The second-order valence-electron chi connectivity index (χ2n) is 11.2. The van der Waals surface area contributed by atoms with Gasteiger partial charge in [0.1, 0.15) is 0 Å². The number of rotatable bonds is 8. The highest BCUT2D eigenvalue weighted by Crippen LogP contribution is 2.40. The molecule has 5 rings (SSSR count). The molecule has 3 aromatic rings. The second-order valence-corrected chi connectivity index (χ2v) is 11.2. The molecular weight excluding hydrogens is 579 g/mol. The molecule has 0 spiro atoms. The van der Waals surface area contributed by atoms with E-state index in [9.17, 15) is 27.6 Å². The molecule has 3 amide bonds. The fourth-order valence-corrected chi connectivity index (χ4v) is 5.41. The number of alkyl halides is 3. The zero-order valence-corrected chi connectivity index (χ0v) is 23.9. The third kappa shape index (κ3) is 5.92. The fourth-order valence-electron chi connectivity index (χ4n) is 5.41. The molecule has 4 N–H and O–H groups in total. The number of anilines is 1. The molecule has 11 nitrogen and oxygen atoms in total. The number of benzene rings is 2. The topological polar surface area (TPSA) is 154 Å². The Balaban J connectivity index is 1.43. The lowest BCUT2D eigenvalue weighted by atomic mass is 9.83. The first kappa shape index (κ1) is 30.4. The summed E-state index contributed by atoms with van der Waals surface area (Å²) in [5.74, 6) is -1.29. The second kappa shape index (κ2) is 11.6. The fraction of sp³-hybridized carbons (Fsp3) is 0.333. The Labute approximate surface area is 250 Å². The third-order valence-electron chi connectivity index (χ3n) is 7.64. The van der Waals surface area contributed by atoms with E-state index in [4.69, 9.17) is 10.8 Å². The Kier molecular flexibility index (Phi) is 8.02. The lowest BCUT2D eigenvalue weighted by Crippen LogP contribution is -2.42. The van der Waals surface area contributed by atoms with E-state index in [1.54, 1.807) is 24.3 Å². The molecule has 0 saturated heterocycles. The Morgan fingerprint density at radius 1 is 1.14 bits per heavy atom. The maximum absolute atomic E-state index is 14.1. The molecule has 1 aromatic heterocycles.